The van der Waals surface area contributed by atoms with Gasteiger partial charge in [0.1, 0.15) is 5.82 Å². The molecular weight excluding hydrogens is 327 g/mol. The van der Waals surface area contributed by atoms with Crippen molar-refractivity contribution in [3.63, 3.8) is 0 Å². The van der Waals surface area contributed by atoms with E-state index >= 15 is 0 Å². The predicted octanol–water partition coefficient (Wildman–Crippen LogP) is 0.523. The molecule has 0 spiro atoms. The first-order valence-corrected chi connectivity index (χ1v) is 8.64. The van der Waals surface area contributed by atoms with Gasteiger partial charge in [0.15, 0.2) is 0 Å². The minimum atomic E-state index is -3.88. The highest BCUT2D eigenvalue weighted by molar-refractivity contribution is 7.89. The van der Waals surface area contributed by atoms with E-state index in [1.165, 1.54) is 0 Å². The molecule has 0 saturated carbocycles. The minimum absolute atomic E-state index is 0.109. The fourth-order valence-corrected chi connectivity index (χ4v) is 3.38. The maximum Gasteiger partial charge on any atom is 0.338 e. The van der Waals surface area contributed by atoms with Crippen LogP contribution in [0, 0.1) is 5.82 Å². The zero-order valence-electron chi connectivity index (χ0n) is 12.7. The Labute approximate surface area is 134 Å². The first kappa shape index (κ1) is 17.8. The first-order chi connectivity index (χ1) is 10.8. The lowest BCUT2D eigenvalue weighted by molar-refractivity contribution is -0.0172. The lowest BCUT2D eigenvalue weighted by atomic mass is 10.2. The summed E-state index contributed by atoms with van der Waals surface area (Å²) in [7, 11) is -3.88. The minimum Gasteiger partial charge on any atom is -0.478 e. The number of aromatic carboxylic acids is 1. The molecule has 23 heavy (non-hydrogen) atoms. The number of carboxylic acids is 1. The van der Waals surface area contributed by atoms with E-state index in [0.29, 0.717) is 19.2 Å². The molecule has 0 aliphatic carbocycles. The average Bonchev–Trinajstić information content (AvgIpc) is 2.46. The van der Waals surface area contributed by atoms with Crippen LogP contribution < -0.4 is 4.72 Å². The van der Waals surface area contributed by atoms with Gasteiger partial charge in [-0.1, -0.05) is 0 Å². The van der Waals surface area contributed by atoms with Crippen molar-refractivity contribution in [2.75, 3.05) is 32.8 Å². The van der Waals surface area contributed by atoms with Gasteiger partial charge in [0.25, 0.3) is 0 Å². The highest BCUT2D eigenvalue weighted by Gasteiger charge is 2.20. The third-order valence-corrected chi connectivity index (χ3v) is 4.99. The summed E-state index contributed by atoms with van der Waals surface area (Å²) < 4.78 is 45.6. The van der Waals surface area contributed by atoms with E-state index in [-0.39, 0.29) is 17.5 Å². The summed E-state index contributed by atoms with van der Waals surface area (Å²) in [6, 6.07) is 2.73. The molecule has 0 aromatic heterocycles. The third kappa shape index (κ3) is 4.71. The van der Waals surface area contributed by atoms with Crippen molar-refractivity contribution in [2.45, 2.75) is 17.9 Å². The van der Waals surface area contributed by atoms with Crippen LogP contribution in [0.1, 0.15) is 17.3 Å². The summed E-state index contributed by atoms with van der Waals surface area (Å²) >= 11 is 0. The van der Waals surface area contributed by atoms with E-state index in [1.54, 1.807) is 0 Å². The predicted molar refractivity (Wildman–Crippen MR) is 80.4 cm³/mol. The van der Waals surface area contributed by atoms with E-state index in [0.717, 1.165) is 25.2 Å². The maximum atomic E-state index is 13.6. The van der Waals surface area contributed by atoms with Crippen LogP contribution >= 0.6 is 0 Å². The van der Waals surface area contributed by atoms with Crippen LogP contribution in [0.2, 0.25) is 0 Å². The largest absolute Gasteiger partial charge is 0.478 e. The molecule has 1 aliphatic rings. The van der Waals surface area contributed by atoms with Gasteiger partial charge in [0, 0.05) is 26.2 Å². The zero-order valence-corrected chi connectivity index (χ0v) is 13.5. The number of hydrogen-bond acceptors (Lipinski definition) is 5. The van der Waals surface area contributed by atoms with Crippen molar-refractivity contribution in [1.82, 2.24) is 9.62 Å². The Morgan fingerprint density at radius 2 is 2.26 bits per heavy atom. The second-order valence-corrected chi connectivity index (χ2v) is 7.09. The number of ether oxygens (including phenoxy) is 1. The second-order valence-electron chi connectivity index (χ2n) is 5.33. The molecule has 7 nitrogen and oxygen atoms in total. The molecule has 1 fully saturated rings. The quantitative estimate of drug-likeness (QED) is 0.780. The van der Waals surface area contributed by atoms with Gasteiger partial charge in [-0.05, 0) is 25.1 Å². The van der Waals surface area contributed by atoms with Crippen molar-refractivity contribution < 1.29 is 27.4 Å². The molecule has 1 saturated heterocycles. The van der Waals surface area contributed by atoms with Crippen molar-refractivity contribution >= 4 is 16.0 Å². The van der Waals surface area contributed by atoms with Gasteiger partial charge < -0.3 is 9.84 Å². The van der Waals surface area contributed by atoms with Crippen molar-refractivity contribution in [3.8, 4) is 0 Å². The Kier molecular flexibility index (Phi) is 5.69. The molecule has 9 heteroatoms. The third-order valence-electron chi connectivity index (χ3n) is 3.53. The van der Waals surface area contributed by atoms with Crippen LogP contribution in [0.3, 0.4) is 0 Å². The lowest BCUT2D eigenvalue weighted by Gasteiger charge is -2.30. The number of carboxylic acid groups (broad SMARTS) is 1. The maximum absolute atomic E-state index is 13.6. The number of hydrogen-bond donors (Lipinski definition) is 2. The Morgan fingerprint density at radius 1 is 1.52 bits per heavy atom. The lowest BCUT2D eigenvalue weighted by Crippen LogP contribution is -2.44. The van der Waals surface area contributed by atoms with Crippen LogP contribution in [0.15, 0.2) is 23.1 Å². The summed E-state index contributed by atoms with van der Waals surface area (Å²) in [5, 5.41) is 8.75. The van der Waals surface area contributed by atoms with E-state index in [4.69, 9.17) is 9.84 Å². The normalized spacial score (nSPS) is 19.7. The molecule has 2 rings (SSSR count). The Hall–Kier alpha value is -1.55. The highest BCUT2D eigenvalue weighted by atomic mass is 32.2. The molecule has 1 atom stereocenters. The van der Waals surface area contributed by atoms with Gasteiger partial charge in [0.2, 0.25) is 10.0 Å². The summed E-state index contributed by atoms with van der Waals surface area (Å²) in [5.41, 5.74) is -0.564. The summed E-state index contributed by atoms with van der Waals surface area (Å²) in [4.78, 5) is 12.5. The SMILES string of the molecule is CC1CN(CCNS(=O)(=O)c2ccc(C(=O)O)c(F)c2)CCO1. The van der Waals surface area contributed by atoms with Gasteiger partial charge in [-0.25, -0.2) is 22.3 Å². The Bertz CT molecular complexity index is 680. The highest BCUT2D eigenvalue weighted by Crippen LogP contribution is 2.15. The van der Waals surface area contributed by atoms with Crippen LogP contribution in [-0.4, -0.2) is 63.3 Å². The number of rotatable bonds is 6. The Morgan fingerprint density at radius 3 is 2.87 bits per heavy atom. The van der Waals surface area contributed by atoms with E-state index < -0.39 is 27.4 Å². The van der Waals surface area contributed by atoms with Gasteiger partial charge in [0.05, 0.1) is 23.2 Å². The Balaban J connectivity index is 1.96. The van der Waals surface area contributed by atoms with Gasteiger partial charge >= 0.3 is 5.97 Å². The summed E-state index contributed by atoms with van der Waals surface area (Å²) in [6.07, 6.45) is 0.109. The molecule has 1 aromatic rings. The van der Waals surface area contributed by atoms with E-state index in [2.05, 4.69) is 9.62 Å². The fourth-order valence-electron chi connectivity index (χ4n) is 2.35. The topological polar surface area (TPSA) is 95.9 Å². The van der Waals surface area contributed by atoms with Crippen LogP contribution in [0.4, 0.5) is 4.39 Å². The number of nitrogens with one attached hydrogen (secondary N) is 1. The second kappa shape index (κ2) is 7.35. The number of morpholine rings is 1. The van der Waals surface area contributed by atoms with Crippen molar-refractivity contribution in [1.29, 1.82) is 0 Å². The van der Waals surface area contributed by atoms with E-state index in [9.17, 15) is 17.6 Å². The average molecular weight is 346 g/mol. The molecule has 1 aliphatic heterocycles. The molecule has 0 bridgehead atoms. The monoisotopic (exact) mass is 346 g/mol. The van der Waals surface area contributed by atoms with Crippen molar-refractivity contribution in [2.24, 2.45) is 0 Å². The number of halogens is 1. The molecule has 1 heterocycles. The van der Waals surface area contributed by atoms with Crippen molar-refractivity contribution in [3.05, 3.63) is 29.6 Å². The van der Waals surface area contributed by atoms with Gasteiger partial charge in [-0.2, -0.15) is 0 Å². The smallest absolute Gasteiger partial charge is 0.338 e. The molecule has 1 aromatic carbocycles. The van der Waals surface area contributed by atoms with Crippen LogP contribution in [0.25, 0.3) is 0 Å². The number of sulfonamides is 1. The van der Waals surface area contributed by atoms with Crippen LogP contribution in [-0.2, 0) is 14.8 Å². The summed E-state index contributed by atoms with van der Waals surface area (Å²) in [5.74, 6) is -2.52. The standard InChI is InChI=1S/C14H19FN2O5S/c1-10-9-17(6-7-22-10)5-4-16-23(20,21)11-2-3-12(14(18)19)13(15)8-11/h2-3,8,10,16H,4-7,9H2,1H3,(H,18,19). The first-order valence-electron chi connectivity index (χ1n) is 7.16. The fraction of sp³-hybridized carbons (Fsp3) is 0.500. The molecule has 128 valence electrons. The molecule has 0 radical (unpaired) electrons. The molecular formula is C14H19FN2O5S. The summed E-state index contributed by atoms with van der Waals surface area (Å²) in [6.45, 7) is 4.70. The number of carbonyl (C=O) groups is 1. The number of benzene rings is 1. The van der Waals surface area contributed by atoms with Gasteiger partial charge in [-0.15, -0.1) is 0 Å². The molecule has 0 amide bonds. The molecule has 2 N–H and O–H groups in total. The van der Waals surface area contributed by atoms with Crippen LogP contribution in [0.5, 0.6) is 0 Å². The molecule has 1 unspecified atom stereocenters. The zero-order chi connectivity index (χ0) is 17.0. The number of nitrogens with zero attached hydrogens (tertiary/aromatic N) is 1. The van der Waals surface area contributed by atoms with E-state index in [1.807, 2.05) is 6.92 Å². The van der Waals surface area contributed by atoms with Gasteiger partial charge in [-0.3, -0.25) is 4.90 Å².